The molecule has 0 aromatic rings. The van der Waals surface area contributed by atoms with Gasteiger partial charge in [-0.25, -0.2) is 0 Å². The van der Waals surface area contributed by atoms with Gasteiger partial charge in [0.2, 0.25) is 0 Å². The lowest BCUT2D eigenvalue weighted by molar-refractivity contribution is 0.0498. The first-order valence-corrected chi connectivity index (χ1v) is 4.86. The van der Waals surface area contributed by atoms with E-state index in [0.717, 1.165) is 5.92 Å². The van der Waals surface area contributed by atoms with E-state index in [0.29, 0.717) is 5.41 Å². The van der Waals surface area contributed by atoms with Gasteiger partial charge in [-0.3, -0.25) is 0 Å². The van der Waals surface area contributed by atoms with Gasteiger partial charge >= 0.3 is 0 Å². The lowest BCUT2D eigenvalue weighted by Gasteiger charge is -2.54. The van der Waals surface area contributed by atoms with Crippen LogP contribution in [0.4, 0.5) is 0 Å². The summed E-state index contributed by atoms with van der Waals surface area (Å²) in [5.41, 5.74) is 7.67. The molecule has 2 atom stereocenters. The summed E-state index contributed by atoms with van der Waals surface area (Å²) >= 11 is 0. The van der Waals surface area contributed by atoms with Crippen LogP contribution in [0.5, 0.6) is 0 Å². The van der Waals surface area contributed by atoms with Crippen LogP contribution in [0, 0.1) is 11.3 Å². The monoisotopic (exact) mass is 146 g/mol. The van der Waals surface area contributed by atoms with Crippen molar-refractivity contribution < 1.29 is 0 Å². The fourth-order valence-corrected chi connectivity index (χ4v) is 3.18. The zero-order valence-electron chi connectivity index (χ0n) is 7.11. The second-order valence-electron chi connectivity index (χ2n) is 4.23. The normalized spacial score (nSPS) is 44.6. The quantitative estimate of drug-likeness (QED) is 0.499. The summed E-state index contributed by atoms with van der Waals surface area (Å²) in [5, 5.41) is 0. The highest BCUT2D eigenvalue weighted by Gasteiger charge is 2.57. The van der Waals surface area contributed by atoms with Crippen molar-refractivity contribution in [3.8, 4) is 0 Å². The highest BCUT2D eigenvalue weighted by atomic mass is 14.6. The van der Waals surface area contributed by atoms with Crippen LogP contribution < -0.4 is 0 Å². The predicted molar refractivity (Wildman–Crippen MR) is 45.2 cm³/mol. The van der Waals surface area contributed by atoms with E-state index in [-0.39, 0.29) is 0 Å². The van der Waals surface area contributed by atoms with Gasteiger partial charge in [0.1, 0.15) is 0 Å². The first kappa shape index (κ1) is 6.08. The van der Waals surface area contributed by atoms with E-state index in [1.165, 1.54) is 32.1 Å². The minimum Gasteiger partial charge on any atom is -0.122 e. The molecule has 2 fully saturated rings. The molecular formula is C11H14. The van der Waals surface area contributed by atoms with Crippen molar-refractivity contribution in [1.29, 1.82) is 0 Å². The molecule has 0 aliphatic heterocycles. The third kappa shape index (κ3) is 0.479. The van der Waals surface area contributed by atoms with Gasteiger partial charge < -0.3 is 0 Å². The molecule has 0 heterocycles. The Kier molecular flexibility index (Phi) is 0.908. The van der Waals surface area contributed by atoms with Gasteiger partial charge in [-0.2, -0.15) is 0 Å². The van der Waals surface area contributed by atoms with Crippen molar-refractivity contribution in [3.63, 3.8) is 0 Å². The molecule has 0 heteroatoms. The molecule has 3 rings (SSSR count). The summed E-state index contributed by atoms with van der Waals surface area (Å²) in [7, 11) is 0. The van der Waals surface area contributed by atoms with E-state index >= 15 is 0 Å². The Morgan fingerprint density at radius 1 is 1.55 bits per heavy atom. The number of hydrogen-bond acceptors (Lipinski definition) is 0. The second kappa shape index (κ2) is 1.64. The Balaban J connectivity index is 2.05. The Bertz CT molecular complexity index is 268. The first-order chi connectivity index (χ1) is 5.37. The maximum atomic E-state index is 3.63. The van der Waals surface area contributed by atoms with Crippen LogP contribution in [0.2, 0.25) is 0 Å². The number of hydrogen-bond donors (Lipinski definition) is 0. The predicted octanol–water partition coefficient (Wildman–Crippen LogP) is 3.05. The summed E-state index contributed by atoms with van der Waals surface area (Å²) in [6, 6.07) is 0. The number of allylic oxidation sites excluding steroid dienone is 1. The van der Waals surface area contributed by atoms with Crippen LogP contribution in [0.3, 0.4) is 0 Å². The zero-order valence-corrected chi connectivity index (χ0v) is 7.11. The van der Waals surface area contributed by atoms with E-state index in [2.05, 4.69) is 12.7 Å². The molecule has 2 unspecified atom stereocenters. The van der Waals surface area contributed by atoms with Gasteiger partial charge in [-0.15, -0.1) is 5.73 Å². The lowest BCUT2D eigenvalue weighted by atomic mass is 9.49. The molecule has 0 aromatic carbocycles. The van der Waals surface area contributed by atoms with Gasteiger partial charge in [0.25, 0.3) is 0 Å². The summed E-state index contributed by atoms with van der Waals surface area (Å²) in [6.07, 6.45) is 7.02. The largest absolute Gasteiger partial charge is 0.122 e. The van der Waals surface area contributed by atoms with E-state index in [1.54, 1.807) is 11.1 Å². The molecule has 0 N–H and O–H groups in total. The minimum absolute atomic E-state index is 0.714. The highest BCUT2D eigenvalue weighted by Crippen LogP contribution is 2.67. The molecule has 58 valence electrons. The van der Waals surface area contributed by atoms with Gasteiger partial charge in [-0.1, -0.05) is 6.92 Å². The highest BCUT2D eigenvalue weighted by molar-refractivity contribution is 5.40. The van der Waals surface area contributed by atoms with Gasteiger partial charge in [0.05, 0.1) is 0 Å². The van der Waals surface area contributed by atoms with E-state index in [1.807, 2.05) is 0 Å². The Hall–Kier alpha value is -0.480. The Morgan fingerprint density at radius 2 is 2.45 bits per heavy atom. The van der Waals surface area contributed by atoms with Crippen LogP contribution in [0.25, 0.3) is 0 Å². The third-order valence-electron chi connectivity index (χ3n) is 4.08. The molecule has 1 spiro atoms. The molecule has 3 aliphatic carbocycles. The summed E-state index contributed by atoms with van der Waals surface area (Å²) in [4.78, 5) is 0. The van der Waals surface area contributed by atoms with Crippen molar-refractivity contribution in [2.45, 2.75) is 39.0 Å². The molecular weight excluding hydrogens is 132 g/mol. The topological polar surface area (TPSA) is 0 Å². The van der Waals surface area contributed by atoms with Crippen LogP contribution in [-0.2, 0) is 0 Å². The third-order valence-corrected chi connectivity index (χ3v) is 4.08. The molecule has 3 aliphatic rings. The fraction of sp³-hybridized carbons (Fsp3) is 0.727. The molecule has 0 saturated heterocycles. The van der Waals surface area contributed by atoms with Gasteiger partial charge in [-0.05, 0) is 49.2 Å². The number of rotatable bonds is 1. The average Bonchev–Trinajstić information content (AvgIpc) is 2.04. The van der Waals surface area contributed by atoms with Crippen LogP contribution in [-0.4, -0.2) is 0 Å². The van der Waals surface area contributed by atoms with E-state index in [9.17, 15) is 0 Å². The molecule has 0 aromatic heterocycles. The van der Waals surface area contributed by atoms with Crippen LogP contribution in [0.1, 0.15) is 39.0 Å². The van der Waals surface area contributed by atoms with Crippen molar-refractivity contribution in [3.05, 3.63) is 16.9 Å². The maximum Gasteiger partial charge on any atom is 0.00627 e. The van der Waals surface area contributed by atoms with E-state index < -0.39 is 0 Å². The van der Waals surface area contributed by atoms with Crippen LogP contribution >= 0.6 is 0 Å². The van der Waals surface area contributed by atoms with Crippen molar-refractivity contribution in [2.24, 2.45) is 11.3 Å². The Morgan fingerprint density at radius 3 is 2.82 bits per heavy atom. The maximum absolute atomic E-state index is 3.63. The van der Waals surface area contributed by atoms with Crippen LogP contribution in [0.15, 0.2) is 16.9 Å². The van der Waals surface area contributed by atoms with Crippen molar-refractivity contribution >= 4 is 0 Å². The van der Waals surface area contributed by atoms with E-state index in [4.69, 9.17) is 0 Å². The molecule has 0 radical (unpaired) electrons. The standard InChI is InChI=1S/C11H14/c1-2-8-7-9-3-5-11(9)6-4-10(8)11/h10H,2-6H2,1H3. The zero-order chi connectivity index (χ0) is 7.47. The molecule has 0 nitrogen and oxygen atoms in total. The summed E-state index contributed by atoms with van der Waals surface area (Å²) in [6.45, 7) is 2.28. The summed E-state index contributed by atoms with van der Waals surface area (Å²) < 4.78 is 0. The first-order valence-electron chi connectivity index (χ1n) is 4.86. The van der Waals surface area contributed by atoms with Crippen molar-refractivity contribution in [2.75, 3.05) is 0 Å². The smallest absolute Gasteiger partial charge is 0.00627 e. The molecule has 2 saturated carbocycles. The fourth-order valence-electron chi connectivity index (χ4n) is 3.18. The van der Waals surface area contributed by atoms with Gasteiger partial charge in [0.15, 0.2) is 0 Å². The summed E-state index contributed by atoms with van der Waals surface area (Å²) in [5.74, 6) is 0.955. The Labute approximate surface area is 68.0 Å². The molecule has 0 bridgehead atoms. The SMILES string of the molecule is CCC1=C=C2CCC23CCC13. The second-order valence-corrected chi connectivity index (χ2v) is 4.23. The lowest BCUT2D eigenvalue weighted by Crippen LogP contribution is -2.45. The average molecular weight is 146 g/mol. The van der Waals surface area contributed by atoms with Crippen molar-refractivity contribution in [1.82, 2.24) is 0 Å². The minimum atomic E-state index is 0.714. The van der Waals surface area contributed by atoms with Gasteiger partial charge in [0, 0.05) is 5.41 Å². The molecule has 11 heavy (non-hydrogen) atoms. The molecule has 0 amide bonds.